The SMILES string of the molecule is CCN(CCNc1snc(N)c1-c1nc(C)cs1)C1CC1. The summed E-state index contributed by atoms with van der Waals surface area (Å²) in [7, 11) is 0. The van der Waals surface area contributed by atoms with Crippen molar-refractivity contribution in [3.05, 3.63) is 11.1 Å². The Morgan fingerprint density at radius 1 is 1.48 bits per heavy atom. The third-order valence-electron chi connectivity index (χ3n) is 3.71. The third kappa shape index (κ3) is 3.36. The molecule has 0 amide bonds. The highest BCUT2D eigenvalue weighted by Crippen LogP contribution is 2.38. The molecule has 114 valence electrons. The number of aryl methyl sites for hydroxylation is 1. The minimum atomic E-state index is 0.575. The Morgan fingerprint density at radius 2 is 2.29 bits per heavy atom. The van der Waals surface area contributed by atoms with E-state index in [1.807, 2.05) is 12.3 Å². The van der Waals surface area contributed by atoms with E-state index in [1.54, 1.807) is 11.3 Å². The smallest absolute Gasteiger partial charge is 0.149 e. The van der Waals surface area contributed by atoms with Gasteiger partial charge >= 0.3 is 0 Å². The van der Waals surface area contributed by atoms with E-state index in [2.05, 4.69) is 26.5 Å². The maximum absolute atomic E-state index is 6.01. The fourth-order valence-corrected chi connectivity index (χ4v) is 4.11. The van der Waals surface area contributed by atoms with E-state index in [9.17, 15) is 0 Å². The lowest BCUT2D eigenvalue weighted by atomic mass is 10.3. The summed E-state index contributed by atoms with van der Waals surface area (Å²) in [5.74, 6) is 0.575. The zero-order chi connectivity index (χ0) is 14.8. The summed E-state index contributed by atoms with van der Waals surface area (Å²) in [4.78, 5) is 7.06. The van der Waals surface area contributed by atoms with Gasteiger partial charge in [-0.2, -0.15) is 4.37 Å². The molecule has 3 rings (SSSR count). The Balaban J connectivity index is 1.65. The molecule has 5 nitrogen and oxygen atoms in total. The van der Waals surface area contributed by atoms with E-state index in [0.717, 1.165) is 46.9 Å². The summed E-state index contributed by atoms with van der Waals surface area (Å²) >= 11 is 3.05. The summed E-state index contributed by atoms with van der Waals surface area (Å²) in [6, 6.07) is 0.810. The number of nitrogens with one attached hydrogen (secondary N) is 1. The fourth-order valence-electron chi connectivity index (χ4n) is 2.45. The number of rotatable bonds is 7. The predicted molar refractivity (Wildman–Crippen MR) is 91.1 cm³/mol. The quantitative estimate of drug-likeness (QED) is 0.820. The summed E-state index contributed by atoms with van der Waals surface area (Å²) in [6.45, 7) is 7.33. The molecule has 2 aromatic heterocycles. The average Bonchev–Trinajstić information content (AvgIpc) is 3.12. The van der Waals surface area contributed by atoms with Crippen LogP contribution < -0.4 is 11.1 Å². The fraction of sp³-hybridized carbons (Fsp3) is 0.571. The van der Waals surface area contributed by atoms with Crippen LogP contribution in [0.2, 0.25) is 0 Å². The van der Waals surface area contributed by atoms with Crippen LogP contribution in [0, 0.1) is 6.92 Å². The number of nitrogens with two attached hydrogens (primary N) is 1. The van der Waals surface area contributed by atoms with Crippen LogP contribution in [-0.2, 0) is 0 Å². The van der Waals surface area contributed by atoms with Gasteiger partial charge in [-0.3, -0.25) is 4.90 Å². The summed E-state index contributed by atoms with van der Waals surface area (Å²) < 4.78 is 4.28. The van der Waals surface area contributed by atoms with Gasteiger partial charge in [0.25, 0.3) is 0 Å². The van der Waals surface area contributed by atoms with Crippen molar-refractivity contribution in [2.24, 2.45) is 0 Å². The van der Waals surface area contributed by atoms with Crippen molar-refractivity contribution in [2.75, 3.05) is 30.7 Å². The molecule has 0 radical (unpaired) electrons. The molecule has 0 aromatic carbocycles. The second-order valence-electron chi connectivity index (χ2n) is 5.35. The van der Waals surface area contributed by atoms with Crippen molar-refractivity contribution >= 4 is 33.7 Å². The van der Waals surface area contributed by atoms with E-state index in [4.69, 9.17) is 5.73 Å². The largest absolute Gasteiger partial charge is 0.382 e. The molecule has 0 spiro atoms. The lowest BCUT2D eigenvalue weighted by Crippen LogP contribution is -2.30. The van der Waals surface area contributed by atoms with E-state index < -0.39 is 0 Å². The number of anilines is 2. The highest BCUT2D eigenvalue weighted by Gasteiger charge is 2.27. The van der Waals surface area contributed by atoms with Crippen molar-refractivity contribution in [2.45, 2.75) is 32.7 Å². The van der Waals surface area contributed by atoms with Gasteiger partial charge in [0.05, 0.1) is 5.56 Å². The highest BCUT2D eigenvalue weighted by atomic mass is 32.1. The summed E-state index contributed by atoms with van der Waals surface area (Å²) in [5, 5.41) is 7.52. The Kier molecular flexibility index (Phi) is 4.42. The van der Waals surface area contributed by atoms with Crippen molar-refractivity contribution in [3.8, 4) is 10.6 Å². The number of likely N-dealkylation sites (N-methyl/N-ethyl adjacent to an activating group) is 1. The number of nitrogens with zero attached hydrogens (tertiary/aromatic N) is 3. The van der Waals surface area contributed by atoms with Crippen molar-refractivity contribution in [3.63, 3.8) is 0 Å². The molecule has 21 heavy (non-hydrogen) atoms. The normalized spacial score (nSPS) is 14.8. The first-order valence-electron chi connectivity index (χ1n) is 7.34. The second-order valence-corrected chi connectivity index (χ2v) is 6.98. The van der Waals surface area contributed by atoms with Crippen LogP contribution in [0.3, 0.4) is 0 Å². The van der Waals surface area contributed by atoms with Gasteiger partial charge in [-0.25, -0.2) is 4.98 Å². The molecule has 0 unspecified atom stereocenters. The van der Waals surface area contributed by atoms with Crippen molar-refractivity contribution in [1.82, 2.24) is 14.3 Å². The highest BCUT2D eigenvalue weighted by molar-refractivity contribution is 7.15. The van der Waals surface area contributed by atoms with Gasteiger partial charge in [-0.15, -0.1) is 11.3 Å². The number of hydrogen-bond donors (Lipinski definition) is 2. The summed E-state index contributed by atoms with van der Waals surface area (Å²) in [6.07, 6.45) is 2.70. The number of aromatic nitrogens is 2. The first-order valence-corrected chi connectivity index (χ1v) is 9.00. The maximum Gasteiger partial charge on any atom is 0.149 e. The van der Waals surface area contributed by atoms with Crippen molar-refractivity contribution < 1.29 is 0 Å². The van der Waals surface area contributed by atoms with Gasteiger partial charge in [0.15, 0.2) is 0 Å². The molecule has 0 aliphatic heterocycles. The standard InChI is InChI=1S/C14H21N5S2/c1-3-19(10-4-5-10)7-6-16-13-11(12(15)18-21-13)14-17-9(2)8-20-14/h8,10,16H,3-7H2,1-2H3,(H2,15,18). The molecule has 1 aliphatic carbocycles. The van der Waals surface area contributed by atoms with Crippen LogP contribution >= 0.6 is 22.9 Å². The zero-order valence-electron chi connectivity index (χ0n) is 12.4. The molecule has 2 aromatic rings. The Hall–Kier alpha value is -1.18. The molecule has 0 atom stereocenters. The molecule has 7 heteroatoms. The van der Waals surface area contributed by atoms with E-state index >= 15 is 0 Å². The summed E-state index contributed by atoms with van der Waals surface area (Å²) in [5.41, 5.74) is 8.00. The lowest BCUT2D eigenvalue weighted by molar-refractivity contribution is 0.289. The minimum absolute atomic E-state index is 0.575. The van der Waals surface area contributed by atoms with Crippen molar-refractivity contribution in [1.29, 1.82) is 0 Å². The molecule has 2 heterocycles. The monoisotopic (exact) mass is 323 g/mol. The first-order chi connectivity index (χ1) is 10.2. The molecule has 1 aliphatic rings. The third-order valence-corrected chi connectivity index (χ3v) is 5.50. The van der Waals surface area contributed by atoms with E-state index in [1.165, 1.54) is 24.4 Å². The van der Waals surface area contributed by atoms with Crippen LogP contribution in [0.5, 0.6) is 0 Å². The topological polar surface area (TPSA) is 67.1 Å². The first kappa shape index (κ1) is 14.7. The number of hydrogen-bond acceptors (Lipinski definition) is 7. The molecular weight excluding hydrogens is 302 g/mol. The van der Waals surface area contributed by atoms with Gasteiger partial charge in [0.1, 0.15) is 15.8 Å². The Labute approximate surface area is 133 Å². The molecule has 0 saturated heterocycles. The van der Waals surface area contributed by atoms with Gasteiger partial charge in [0, 0.05) is 30.2 Å². The van der Waals surface area contributed by atoms with E-state index in [0.29, 0.717) is 5.82 Å². The van der Waals surface area contributed by atoms with E-state index in [-0.39, 0.29) is 0 Å². The Morgan fingerprint density at radius 3 is 2.90 bits per heavy atom. The molecule has 1 saturated carbocycles. The van der Waals surface area contributed by atoms with Gasteiger partial charge in [-0.1, -0.05) is 6.92 Å². The number of thiazole rings is 1. The minimum Gasteiger partial charge on any atom is -0.382 e. The van der Waals surface area contributed by atoms with Gasteiger partial charge in [-0.05, 0) is 37.8 Å². The predicted octanol–water partition coefficient (Wildman–Crippen LogP) is 3.05. The molecular formula is C14H21N5S2. The van der Waals surface area contributed by atoms with Crippen LogP contribution in [-0.4, -0.2) is 39.9 Å². The zero-order valence-corrected chi connectivity index (χ0v) is 14.1. The molecule has 0 bridgehead atoms. The van der Waals surface area contributed by atoms with Crippen LogP contribution in [0.1, 0.15) is 25.5 Å². The van der Waals surface area contributed by atoms with Gasteiger partial charge < -0.3 is 11.1 Å². The van der Waals surface area contributed by atoms with Gasteiger partial charge in [0.2, 0.25) is 0 Å². The Bertz CT molecular complexity index is 602. The van der Waals surface area contributed by atoms with Crippen LogP contribution in [0.15, 0.2) is 5.38 Å². The average molecular weight is 323 g/mol. The molecule has 1 fully saturated rings. The second kappa shape index (κ2) is 6.29. The van der Waals surface area contributed by atoms with Crippen LogP contribution in [0.4, 0.5) is 10.8 Å². The van der Waals surface area contributed by atoms with Crippen LogP contribution in [0.25, 0.3) is 10.6 Å². The number of nitrogen functional groups attached to an aromatic ring is 1. The molecule has 3 N–H and O–H groups in total. The maximum atomic E-state index is 6.01. The lowest BCUT2D eigenvalue weighted by Gasteiger charge is -2.19.